The van der Waals surface area contributed by atoms with E-state index in [1.807, 2.05) is 44.2 Å². The van der Waals surface area contributed by atoms with Crippen LogP contribution in [0.5, 0.6) is 11.5 Å². The van der Waals surface area contributed by atoms with Gasteiger partial charge in [0.05, 0.1) is 20.8 Å². The topological polar surface area (TPSA) is 84.9 Å². The van der Waals surface area contributed by atoms with Crippen molar-refractivity contribution >= 4 is 15.9 Å². The van der Waals surface area contributed by atoms with Crippen molar-refractivity contribution in [2.75, 3.05) is 20.8 Å². The van der Waals surface area contributed by atoms with Crippen molar-refractivity contribution < 1.29 is 22.7 Å². The highest BCUT2D eigenvalue weighted by molar-refractivity contribution is 7.89. The quantitative estimate of drug-likeness (QED) is 0.639. The first-order chi connectivity index (χ1) is 13.8. The molecule has 2 rings (SSSR count). The molecule has 1 atom stereocenters. The summed E-state index contributed by atoms with van der Waals surface area (Å²) in [5.41, 5.74) is 0.772. The van der Waals surface area contributed by atoms with E-state index in [-0.39, 0.29) is 35.7 Å². The molecule has 2 aromatic carbocycles. The van der Waals surface area contributed by atoms with Crippen molar-refractivity contribution in [3.63, 3.8) is 0 Å². The predicted octanol–water partition coefficient (Wildman–Crippen LogP) is 2.81. The molecular formula is C21H28N2O5S. The molecule has 8 heteroatoms. The van der Waals surface area contributed by atoms with Crippen molar-refractivity contribution in [2.24, 2.45) is 0 Å². The molecule has 0 radical (unpaired) electrons. The first-order valence-corrected chi connectivity index (χ1v) is 10.8. The van der Waals surface area contributed by atoms with Gasteiger partial charge in [-0.15, -0.1) is 0 Å². The number of nitrogens with one attached hydrogen (secondary N) is 1. The fourth-order valence-corrected chi connectivity index (χ4v) is 4.28. The van der Waals surface area contributed by atoms with E-state index in [2.05, 4.69) is 5.32 Å². The molecule has 29 heavy (non-hydrogen) atoms. The van der Waals surface area contributed by atoms with Gasteiger partial charge in [0.25, 0.3) is 0 Å². The molecule has 0 aliphatic carbocycles. The number of sulfonamides is 1. The predicted molar refractivity (Wildman–Crippen MR) is 111 cm³/mol. The molecule has 0 fully saturated rings. The molecule has 0 aliphatic heterocycles. The van der Waals surface area contributed by atoms with Crippen LogP contribution in [-0.4, -0.2) is 45.4 Å². The fraction of sp³-hybridized carbons (Fsp3) is 0.381. The third kappa shape index (κ3) is 5.95. The SMILES string of the molecule is CCC(C)NC(=O)CN(Cc1ccccc1)S(=O)(=O)c1cc(OC)ccc1OC. The highest BCUT2D eigenvalue weighted by atomic mass is 32.2. The van der Waals surface area contributed by atoms with E-state index < -0.39 is 10.0 Å². The molecule has 158 valence electrons. The van der Waals surface area contributed by atoms with Crippen molar-refractivity contribution in [1.82, 2.24) is 9.62 Å². The van der Waals surface area contributed by atoms with Crippen LogP contribution in [-0.2, 0) is 21.4 Å². The Morgan fingerprint density at radius 2 is 1.79 bits per heavy atom. The van der Waals surface area contributed by atoms with Crippen LogP contribution in [0.25, 0.3) is 0 Å². The number of nitrogens with zero attached hydrogens (tertiary/aromatic N) is 1. The average Bonchev–Trinajstić information content (AvgIpc) is 2.73. The van der Waals surface area contributed by atoms with Gasteiger partial charge in [0.15, 0.2) is 0 Å². The van der Waals surface area contributed by atoms with Crippen LogP contribution in [0, 0.1) is 0 Å². The molecule has 0 heterocycles. The lowest BCUT2D eigenvalue weighted by atomic mass is 10.2. The van der Waals surface area contributed by atoms with Crippen molar-refractivity contribution in [3.05, 3.63) is 54.1 Å². The first kappa shape index (κ1) is 22.7. The van der Waals surface area contributed by atoms with Gasteiger partial charge in [-0.1, -0.05) is 37.3 Å². The molecule has 2 aromatic rings. The van der Waals surface area contributed by atoms with Crippen LogP contribution >= 0.6 is 0 Å². The first-order valence-electron chi connectivity index (χ1n) is 9.37. The molecule has 1 N–H and O–H groups in total. The van der Waals surface area contributed by atoms with E-state index >= 15 is 0 Å². The molecule has 0 spiro atoms. The maximum absolute atomic E-state index is 13.5. The lowest BCUT2D eigenvalue weighted by molar-refractivity contribution is -0.122. The molecule has 1 amide bonds. The van der Waals surface area contributed by atoms with E-state index in [1.165, 1.54) is 26.4 Å². The largest absolute Gasteiger partial charge is 0.497 e. The third-order valence-corrected chi connectivity index (χ3v) is 6.34. The summed E-state index contributed by atoms with van der Waals surface area (Å²) in [7, 11) is -1.19. The van der Waals surface area contributed by atoms with Gasteiger partial charge in [0.2, 0.25) is 15.9 Å². The minimum atomic E-state index is -4.04. The molecule has 7 nitrogen and oxygen atoms in total. The van der Waals surface area contributed by atoms with Crippen molar-refractivity contribution in [3.8, 4) is 11.5 Å². The lowest BCUT2D eigenvalue weighted by Crippen LogP contribution is -2.43. The van der Waals surface area contributed by atoms with Crippen LogP contribution in [0.2, 0.25) is 0 Å². The fourth-order valence-electron chi connectivity index (χ4n) is 2.72. The second kappa shape index (κ2) is 10.3. The maximum atomic E-state index is 13.5. The van der Waals surface area contributed by atoms with Crippen LogP contribution in [0.15, 0.2) is 53.4 Å². The Hall–Kier alpha value is -2.58. The average molecular weight is 421 g/mol. The van der Waals surface area contributed by atoms with Crippen LogP contribution < -0.4 is 14.8 Å². The number of hydrogen-bond acceptors (Lipinski definition) is 5. The summed E-state index contributed by atoms with van der Waals surface area (Å²) in [4.78, 5) is 12.4. The normalized spacial score (nSPS) is 12.4. The van der Waals surface area contributed by atoms with Crippen molar-refractivity contribution in [2.45, 2.75) is 37.8 Å². The van der Waals surface area contributed by atoms with Gasteiger partial charge in [-0.3, -0.25) is 4.79 Å². The maximum Gasteiger partial charge on any atom is 0.247 e. The van der Waals surface area contributed by atoms with E-state index in [9.17, 15) is 13.2 Å². The summed E-state index contributed by atoms with van der Waals surface area (Å²) in [5.74, 6) is 0.208. The van der Waals surface area contributed by atoms with Crippen LogP contribution in [0.3, 0.4) is 0 Å². The number of ether oxygens (including phenoxy) is 2. The van der Waals surface area contributed by atoms with Gasteiger partial charge in [0.1, 0.15) is 16.4 Å². The zero-order valence-corrected chi connectivity index (χ0v) is 18.0. The number of methoxy groups -OCH3 is 2. The Morgan fingerprint density at radius 1 is 1.10 bits per heavy atom. The smallest absolute Gasteiger partial charge is 0.247 e. The van der Waals surface area contributed by atoms with Gasteiger partial charge in [0, 0.05) is 18.7 Å². The highest BCUT2D eigenvalue weighted by Gasteiger charge is 2.30. The summed E-state index contributed by atoms with van der Waals surface area (Å²) in [6.45, 7) is 3.57. The number of benzene rings is 2. The Morgan fingerprint density at radius 3 is 2.38 bits per heavy atom. The highest BCUT2D eigenvalue weighted by Crippen LogP contribution is 2.31. The molecule has 0 saturated carbocycles. The second-order valence-electron chi connectivity index (χ2n) is 6.65. The number of rotatable bonds is 10. The Labute approximate surface area is 172 Å². The zero-order valence-electron chi connectivity index (χ0n) is 17.2. The van der Waals surface area contributed by atoms with Gasteiger partial charge in [-0.05, 0) is 31.0 Å². The molecule has 0 aromatic heterocycles. The van der Waals surface area contributed by atoms with Gasteiger partial charge < -0.3 is 14.8 Å². The van der Waals surface area contributed by atoms with Gasteiger partial charge in [-0.2, -0.15) is 4.31 Å². The van der Waals surface area contributed by atoms with E-state index in [0.29, 0.717) is 5.75 Å². The molecule has 0 saturated heterocycles. The summed E-state index contributed by atoms with van der Waals surface area (Å²) >= 11 is 0. The molecular weight excluding hydrogens is 392 g/mol. The number of amides is 1. The summed E-state index contributed by atoms with van der Waals surface area (Å²) < 4.78 is 38.6. The van der Waals surface area contributed by atoms with Gasteiger partial charge >= 0.3 is 0 Å². The minimum absolute atomic E-state index is 0.0462. The Bertz CT molecular complexity index is 916. The number of carbonyl (C=O) groups excluding carboxylic acids is 1. The van der Waals surface area contributed by atoms with E-state index in [1.54, 1.807) is 6.07 Å². The number of hydrogen-bond donors (Lipinski definition) is 1. The Kier molecular flexibility index (Phi) is 8.04. The van der Waals surface area contributed by atoms with E-state index in [4.69, 9.17) is 9.47 Å². The summed E-state index contributed by atoms with van der Waals surface area (Å²) in [6, 6.07) is 13.6. The zero-order chi connectivity index (χ0) is 21.4. The minimum Gasteiger partial charge on any atom is -0.497 e. The Balaban J connectivity index is 2.44. The standard InChI is InChI=1S/C21H28N2O5S/c1-5-16(2)22-21(24)15-23(14-17-9-7-6-8-10-17)29(25,26)20-13-18(27-3)11-12-19(20)28-4/h6-13,16H,5,14-15H2,1-4H3,(H,22,24). The molecule has 0 bridgehead atoms. The van der Waals surface area contributed by atoms with Crippen LogP contribution in [0.1, 0.15) is 25.8 Å². The van der Waals surface area contributed by atoms with E-state index in [0.717, 1.165) is 16.3 Å². The second-order valence-corrected chi connectivity index (χ2v) is 8.56. The van der Waals surface area contributed by atoms with Crippen molar-refractivity contribution in [1.29, 1.82) is 0 Å². The van der Waals surface area contributed by atoms with Crippen LogP contribution in [0.4, 0.5) is 0 Å². The number of carbonyl (C=O) groups is 1. The lowest BCUT2D eigenvalue weighted by Gasteiger charge is -2.24. The summed E-state index contributed by atoms with van der Waals surface area (Å²) in [5, 5.41) is 2.82. The summed E-state index contributed by atoms with van der Waals surface area (Å²) in [6.07, 6.45) is 0.751. The monoisotopic (exact) mass is 420 g/mol. The van der Waals surface area contributed by atoms with Gasteiger partial charge in [-0.25, -0.2) is 8.42 Å². The molecule has 1 unspecified atom stereocenters. The molecule has 0 aliphatic rings. The third-order valence-electron chi connectivity index (χ3n) is 4.53.